The van der Waals surface area contributed by atoms with Crippen LogP contribution < -0.4 is 16.2 Å². The number of hydrogen-bond donors (Lipinski definition) is 3. The first-order valence-corrected chi connectivity index (χ1v) is 10.6. The predicted octanol–water partition coefficient (Wildman–Crippen LogP) is 2.74. The fraction of sp³-hybridized carbons (Fsp3) is 0.571. The average molecular weight is 403 g/mol. The smallest absolute Gasteiger partial charge is 0.269 e. The van der Waals surface area contributed by atoms with Crippen molar-refractivity contribution in [1.82, 2.24) is 21.1 Å². The Morgan fingerprint density at radius 1 is 1.21 bits per heavy atom. The molecular formula is C21H30N4O2S. The van der Waals surface area contributed by atoms with Gasteiger partial charge >= 0.3 is 0 Å². The van der Waals surface area contributed by atoms with Crippen LogP contribution in [0.5, 0.6) is 0 Å². The summed E-state index contributed by atoms with van der Waals surface area (Å²) >= 11 is 5.35. The van der Waals surface area contributed by atoms with E-state index < -0.39 is 0 Å². The summed E-state index contributed by atoms with van der Waals surface area (Å²) in [4.78, 5) is 26.1. The molecule has 0 radical (unpaired) electrons. The summed E-state index contributed by atoms with van der Waals surface area (Å²) in [6.45, 7) is 5.86. The van der Waals surface area contributed by atoms with Gasteiger partial charge in [0.25, 0.3) is 5.91 Å². The highest BCUT2D eigenvalue weighted by molar-refractivity contribution is 7.80. The molecule has 1 heterocycles. The minimum Gasteiger partial charge on any atom is -0.358 e. The van der Waals surface area contributed by atoms with Crippen LogP contribution >= 0.6 is 12.2 Å². The second kappa shape index (κ2) is 9.37. The second-order valence-corrected chi connectivity index (χ2v) is 8.45. The molecule has 1 aromatic carbocycles. The summed E-state index contributed by atoms with van der Waals surface area (Å²) in [7, 11) is 0. The number of carbonyl (C=O) groups is 2. The van der Waals surface area contributed by atoms with Crippen molar-refractivity contribution in [2.24, 2.45) is 11.8 Å². The van der Waals surface area contributed by atoms with Crippen molar-refractivity contribution >= 4 is 29.1 Å². The predicted molar refractivity (Wildman–Crippen MR) is 113 cm³/mol. The van der Waals surface area contributed by atoms with Gasteiger partial charge < -0.3 is 10.2 Å². The summed E-state index contributed by atoms with van der Waals surface area (Å²) in [5.41, 5.74) is 6.98. The van der Waals surface area contributed by atoms with Crippen LogP contribution in [-0.4, -0.2) is 34.4 Å². The Hall–Kier alpha value is -2.15. The van der Waals surface area contributed by atoms with Crippen LogP contribution in [0.25, 0.3) is 0 Å². The van der Waals surface area contributed by atoms with Gasteiger partial charge in [0, 0.05) is 31.1 Å². The lowest BCUT2D eigenvalue weighted by Gasteiger charge is -2.35. The number of benzene rings is 1. The van der Waals surface area contributed by atoms with Crippen molar-refractivity contribution in [1.29, 1.82) is 0 Å². The molecule has 0 unspecified atom stereocenters. The van der Waals surface area contributed by atoms with E-state index in [0.717, 1.165) is 24.9 Å². The van der Waals surface area contributed by atoms with E-state index in [1.54, 1.807) is 6.07 Å². The minimum absolute atomic E-state index is 0.180. The number of hydrazine groups is 1. The highest BCUT2D eigenvalue weighted by atomic mass is 32.1. The van der Waals surface area contributed by atoms with Crippen LogP contribution in [-0.2, 0) is 11.3 Å². The summed E-state index contributed by atoms with van der Waals surface area (Å²) in [6, 6.07) is 7.69. The molecule has 0 bridgehead atoms. The maximum Gasteiger partial charge on any atom is 0.269 e. The molecular weight excluding hydrogens is 372 g/mol. The fourth-order valence-electron chi connectivity index (χ4n) is 4.08. The quantitative estimate of drug-likeness (QED) is 0.533. The number of rotatable bonds is 4. The molecule has 1 aliphatic carbocycles. The van der Waals surface area contributed by atoms with E-state index in [1.807, 2.05) is 23.1 Å². The highest BCUT2D eigenvalue weighted by Crippen LogP contribution is 2.29. The average Bonchev–Trinajstić information content (AvgIpc) is 3.08. The molecule has 1 saturated heterocycles. The van der Waals surface area contributed by atoms with Gasteiger partial charge in [-0.15, -0.1) is 0 Å². The zero-order valence-electron chi connectivity index (χ0n) is 16.7. The molecule has 6 nitrogen and oxygen atoms in total. The van der Waals surface area contributed by atoms with Crippen molar-refractivity contribution in [3.05, 3.63) is 35.4 Å². The van der Waals surface area contributed by atoms with E-state index in [4.69, 9.17) is 12.2 Å². The molecule has 1 saturated carbocycles. The molecule has 7 heteroatoms. The maximum absolute atomic E-state index is 12.5. The summed E-state index contributed by atoms with van der Waals surface area (Å²) in [6.07, 6.45) is 5.08. The summed E-state index contributed by atoms with van der Waals surface area (Å²) in [5, 5.41) is 3.77. The Morgan fingerprint density at radius 3 is 2.79 bits per heavy atom. The molecule has 3 atom stereocenters. The standard InChI is InChI=1S/C21H30N4O2S/c1-14-6-3-9-18(15(14)2)22-21(28)24-23-20(27)17-8-4-7-16(12-17)13-25-11-5-10-19(25)26/h4,7-8,12,14-15,18H,3,5-6,9-11,13H2,1-2H3,(H,23,27)(H2,22,24,28)/t14-,15-,18+/m1/s1. The topological polar surface area (TPSA) is 73.5 Å². The number of likely N-dealkylation sites (tertiary alicyclic amines) is 1. The molecule has 1 aromatic rings. The largest absolute Gasteiger partial charge is 0.358 e. The Bertz CT molecular complexity index is 739. The van der Waals surface area contributed by atoms with Gasteiger partial charge in [-0.05, 0) is 54.6 Å². The number of nitrogens with one attached hydrogen (secondary N) is 3. The Labute approximate surface area is 172 Å². The van der Waals surface area contributed by atoms with Crippen LogP contribution in [0, 0.1) is 11.8 Å². The molecule has 1 aliphatic heterocycles. The van der Waals surface area contributed by atoms with Gasteiger partial charge in [0.1, 0.15) is 0 Å². The summed E-state index contributed by atoms with van der Waals surface area (Å²) in [5.74, 6) is 1.16. The zero-order chi connectivity index (χ0) is 20.1. The molecule has 3 rings (SSSR count). The van der Waals surface area contributed by atoms with Gasteiger partial charge in [-0.3, -0.25) is 20.4 Å². The van der Waals surface area contributed by atoms with Crippen molar-refractivity contribution in [3.63, 3.8) is 0 Å². The SMILES string of the molecule is C[C@@H]1[C@H](C)CCC[C@@H]1NC(=S)NNC(=O)c1cccc(CN2CCCC2=O)c1. The molecule has 28 heavy (non-hydrogen) atoms. The molecule has 2 fully saturated rings. The first kappa shape index (κ1) is 20.6. The van der Waals surface area contributed by atoms with Crippen molar-refractivity contribution < 1.29 is 9.59 Å². The van der Waals surface area contributed by atoms with Gasteiger partial charge in [0.15, 0.2) is 5.11 Å². The third-order valence-corrected chi connectivity index (χ3v) is 6.27. The lowest BCUT2D eigenvalue weighted by molar-refractivity contribution is -0.128. The fourth-order valence-corrected chi connectivity index (χ4v) is 4.28. The van der Waals surface area contributed by atoms with Crippen LogP contribution in [0.2, 0.25) is 0 Å². The normalized spacial score (nSPS) is 24.7. The van der Waals surface area contributed by atoms with E-state index >= 15 is 0 Å². The van der Waals surface area contributed by atoms with Crippen molar-refractivity contribution in [3.8, 4) is 0 Å². The van der Waals surface area contributed by atoms with E-state index in [9.17, 15) is 9.59 Å². The van der Waals surface area contributed by atoms with E-state index in [0.29, 0.717) is 41.5 Å². The van der Waals surface area contributed by atoms with E-state index in [1.165, 1.54) is 12.8 Å². The highest BCUT2D eigenvalue weighted by Gasteiger charge is 2.27. The first-order chi connectivity index (χ1) is 13.4. The molecule has 0 aromatic heterocycles. The molecule has 2 amide bonds. The van der Waals surface area contributed by atoms with Gasteiger partial charge in [-0.2, -0.15) is 0 Å². The number of amides is 2. The zero-order valence-corrected chi connectivity index (χ0v) is 17.5. The minimum atomic E-state index is -0.246. The Balaban J connectivity index is 1.49. The van der Waals surface area contributed by atoms with Gasteiger partial charge in [-0.25, -0.2) is 0 Å². The van der Waals surface area contributed by atoms with Gasteiger partial charge in [0.2, 0.25) is 5.91 Å². The molecule has 3 N–H and O–H groups in total. The van der Waals surface area contributed by atoms with Crippen LogP contribution in [0.15, 0.2) is 24.3 Å². The lowest BCUT2D eigenvalue weighted by atomic mass is 9.78. The third kappa shape index (κ3) is 5.22. The van der Waals surface area contributed by atoms with Crippen LogP contribution in [0.4, 0.5) is 0 Å². The number of carbonyl (C=O) groups excluding carboxylic acids is 2. The van der Waals surface area contributed by atoms with E-state index in [-0.39, 0.29) is 11.8 Å². The Kier molecular flexibility index (Phi) is 6.88. The number of hydrogen-bond acceptors (Lipinski definition) is 3. The van der Waals surface area contributed by atoms with Crippen molar-refractivity contribution in [2.45, 2.75) is 58.5 Å². The lowest BCUT2D eigenvalue weighted by Crippen LogP contribution is -2.52. The van der Waals surface area contributed by atoms with E-state index in [2.05, 4.69) is 30.0 Å². The molecule has 0 spiro atoms. The van der Waals surface area contributed by atoms with Crippen LogP contribution in [0.1, 0.15) is 61.9 Å². The van der Waals surface area contributed by atoms with Gasteiger partial charge in [-0.1, -0.05) is 38.8 Å². The van der Waals surface area contributed by atoms with Crippen molar-refractivity contribution in [2.75, 3.05) is 6.54 Å². The maximum atomic E-state index is 12.5. The third-order valence-electron chi connectivity index (χ3n) is 6.05. The van der Waals surface area contributed by atoms with Gasteiger partial charge in [0.05, 0.1) is 0 Å². The molecule has 2 aliphatic rings. The first-order valence-electron chi connectivity index (χ1n) is 10.2. The molecule has 152 valence electrons. The monoisotopic (exact) mass is 402 g/mol. The Morgan fingerprint density at radius 2 is 2.04 bits per heavy atom. The number of thiocarbonyl (C=S) groups is 1. The second-order valence-electron chi connectivity index (χ2n) is 8.05. The van der Waals surface area contributed by atoms with Crippen LogP contribution in [0.3, 0.4) is 0 Å². The number of nitrogens with zero attached hydrogens (tertiary/aromatic N) is 1. The summed E-state index contributed by atoms with van der Waals surface area (Å²) < 4.78 is 0.